The fourth-order valence-electron chi connectivity index (χ4n) is 3.31. The van der Waals surface area contributed by atoms with Crippen molar-refractivity contribution < 1.29 is 14.3 Å². The molecule has 0 bridgehead atoms. The van der Waals surface area contributed by atoms with Crippen molar-refractivity contribution in [3.8, 4) is 5.75 Å². The number of hydrogen-bond donors (Lipinski definition) is 1. The Kier molecular flexibility index (Phi) is 9.56. The first kappa shape index (κ1) is 24.9. The Balaban J connectivity index is 2.17. The molecule has 0 aliphatic heterocycles. The molecule has 0 heterocycles. The first-order valence-electron chi connectivity index (χ1n) is 10.8. The molecule has 6 heteroatoms. The summed E-state index contributed by atoms with van der Waals surface area (Å²) in [5.41, 5.74) is 4.18. The number of ether oxygens (including phenoxy) is 1. The van der Waals surface area contributed by atoms with Crippen molar-refractivity contribution in [3.63, 3.8) is 0 Å². The number of carbonyl (C=O) groups excluding carboxylic acids is 2. The van der Waals surface area contributed by atoms with Gasteiger partial charge in [0.25, 0.3) is 5.91 Å². The van der Waals surface area contributed by atoms with Gasteiger partial charge in [0.05, 0.1) is 0 Å². The fourth-order valence-corrected chi connectivity index (χ4v) is 3.54. The van der Waals surface area contributed by atoms with E-state index in [1.54, 1.807) is 11.8 Å². The minimum absolute atomic E-state index is 0.126. The molecule has 0 radical (unpaired) electrons. The van der Waals surface area contributed by atoms with Crippen LogP contribution in [0.3, 0.4) is 0 Å². The van der Waals surface area contributed by atoms with E-state index in [2.05, 4.69) is 28.2 Å². The largest absolute Gasteiger partial charge is 0.484 e. The maximum Gasteiger partial charge on any atom is 0.261 e. The number of aryl methyl sites for hydroxylation is 3. The zero-order valence-electron chi connectivity index (χ0n) is 19.1. The number of rotatable bonds is 10. The summed E-state index contributed by atoms with van der Waals surface area (Å²) in [6, 6.07) is 11.1. The second-order valence-electron chi connectivity index (χ2n) is 7.93. The SMILES string of the molecule is CCCCNC(=O)[C@@H](C)N(Cc1ccccc1C)C(=O)COc1cc(C)c(Br)c(C)c1. The summed E-state index contributed by atoms with van der Waals surface area (Å²) in [4.78, 5) is 27.4. The summed E-state index contributed by atoms with van der Waals surface area (Å²) in [6.45, 7) is 10.7. The van der Waals surface area contributed by atoms with Crippen LogP contribution in [0.25, 0.3) is 0 Å². The second-order valence-corrected chi connectivity index (χ2v) is 8.72. The Morgan fingerprint density at radius 1 is 1.10 bits per heavy atom. The molecular weight excluding hydrogens is 456 g/mol. The molecule has 0 saturated heterocycles. The molecule has 2 rings (SSSR count). The van der Waals surface area contributed by atoms with Gasteiger partial charge < -0.3 is 15.0 Å². The van der Waals surface area contributed by atoms with Crippen LogP contribution in [0.1, 0.15) is 48.9 Å². The van der Waals surface area contributed by atoms with E-state index in [9.17, 15) is 9.59 Å². The quantitative estimate of drug-likeness (QED) is 0.474. The topological polar surface area (TPSA) is 58.6 Å². The molecule has 2 amide bonds. The molecule has 2 aromatic carbocycles. The van der Waals surface area contributed by atoms with Gasteiger partial charge in [-0.15, -0.1) is 0 Å². The van der Waals surface area contributed by atoms with Gasteiger partial charge in [-0.25, -0.2) is 0 Å². The summed E-state index contributed by atoms with van der Waals surface area (Å²) in [5.74, 6) is 0.271. The van der Waals surface area contributed by atoms with Gasteiger partial charge in [0.1, 0.15) is 11.8 Å². The Hall–Kier alpha value is -2.34. The molecule has 2 aromatic rings. The molecule has 0 fully saturated rings. The Morgan fingerprint density at radius 2 is 1.74 bits per heavy atom. The standard InChI is InChI=1S/C25H33BrN2O3/c1-6-7-12-27-25(30)20(5)28(15-21-11-9-8-10-17(21)2)23(29)16-31-22-13-18(3)24(26)19(4)14-22/h8-11,13-14,20H,6-7,12,15-16H2,1-5H3,(H,27,30)/t20-/m1/s1. The third-order valence-corrected chi connectivity index (χ3v) is 6.62. The minimum Gasteiger partial charge on any atom is -0.484 e. The molecule has 0 aromatic heterocycles. The van der Waals surface area contributed by atoms with Crippen molar-refractivity contribution in [1.82, 2.24) is 10.2 Å². The van der Waals surface area contributed by atoms with Crippen molar-refractivity contribution >= 4 is 27.7 Å². The van der Waals surface area contributed by atoms with Gasteiger partial charge in [-0.1, -0.05) is 53.5 Å². The molecule has 168 valence electrons. The third-order valence-electron chi connectivity index (χ3n) is 5.37. The van der Waals surface area contributed by atoms with E-state index in [0.29, 0.717) is 18.8 Å². The van der Waals surface area contributed by atoms with Crippen LogP contribution in [0.4, 0.5) is 0 Å². The van der Waals surface area contributed by atoms with Gasteiger partial charge in [-0.2, -0.15) is 0 Å². The maximum absolute atomic E-state index is 13.2. The van der Waals surface area contributed by atoms with Gasteiger partial charge in [0.2, 0.25) is 5.91 Å². The normalized spacial score (nSPS) is 11.7. The molecule has 0 spiro atoms. The van der Waals surface area contributed by atoms with Gasteiger partial charge in [0.15, 0.2) is 6.61 Å². The van der Waals surface area contributed by atoms with Gasteiger partial charge in [-0.05, 0) is 68.5 Å². The molecule has 1 N–H and O–H groups in total. The highest BCUT2D eigenvalue weighted by Gasteiger charge is 2.26. The van der Waals surface area contributed by atoms with Crippen molar-refractivity contribution in [1.29, 1.82) is 0 Å². The molecule has 0 aliphatic carbocycles. The number of hydrogen-bond acceptors (Lipinski definition) is 3. The zero-order chi connectivity index (χ0) is 23.0. The van der Waals surface area contributed by atoms with Crippen molar-refractivity contribution in [2.75, 3.05) is 13.2 Å². The number of nitrogens with zero attached hydrogens (tertiary/aromatic N) is 1. The number of amides is 2. The van der Waals surface area contributed by atoms with E-state index in [1.165, 1.54) is 0 Å². The Labute approximate surface area is 194 Å². The summed E-state index contributed by atoms with van der Waals surface area (Å²) in [5, 5.41) is 2.94. The maximum atomic E-state index is 13.2. The lowest BCUT2D eigenvalue weighted by Crippen LogP contribution is -2.49. The summed E-state index contributed by atoms with van der Waals surface area (Å²) < 4.78 is 6.85. The van der Waals surface area contributed by atoms with E-state index in [0.717, 1.165) is 39.6 Å². The highest BCUT2D eigenvalue weighted by molar-refractivity contribution is 9.10. The zero-order valence-corrected chi connectivity index (χ0v) is 20.7. The number of unbranched alkanes of at least 4 members (excludes halogenated alkanes) is 1. The van der Waals surface area contributed by atoms with Gasteiger partial charge >= 0.3 is 0 Å². The summed E-state index contributed by atoms with van der Waals surface area (Å²) in [7, 11) is 0. The Bertz CT molecular complexity index is 890. The second kappa shape index (κ2) is 11.9. The molecule has 0 saturated carbocycles. The highest BCUT2D eigenvalue weighted by atomic mass is 79.9. The van der Waals surface area contributed by atoms with Crippen LogP contribution in [0.2, 0.25) is 0 Å². The lowest BCUT2D eigenvalue weighted by molar-refractivity contribution is -0.142. The number of carbonyl (C=O) groups is 2. The predicted octanol–water partition coefficient (Wildman–Crippen LogP) is 5.09. The fraction of sp³-hybridized carbons (Fsp3) is 0.440. The average molecular weight is 489 g/mol. The number of nitrogens with one attached hydrogen (secondary N) is 1. The van der Waals surface area contributed by atoms with Crippen molar-refractivity contribution in [2.45, 2.75) is 60.0 Å². The first-order chi connectivity index (χ1) is 14.7. The molecular formula is C25H33BrN2O3. The highest BCUT2D eigenvalue weighted by Crippen LogP contribution is 2.26. The predicted molar refractivity (Wildman–Crippen MR) is 128 cm³/mol. The lowest BCUT2D eigenvalue weighted by atomic mass is 10.1. The summed E-state index contributed by atoms with van der Waals surface area (Å²) >= 11 is 3.55. The Morgan fingerprint density at radius 3 is 2.35 bits per heavy atom. The van der Waals surface area contributed by atoms with E-state index in [4.69, 9.17) is 4.74 Å². The van der Waals surface area contributed by atoms with Crippen LogP contribution in [-0.4, -0.2) is 35.9 Å². The van der Waals surface area contributed by atoms with E-state index >= 15 is 0 Å². The molecule has 1 atom stereocenters. The van der Waals surface area contributed by atoms with Crippen LogP contribution in [0.15, 0.2) is 40.9 Å². The van der Waals surface area contributed by atoms with E-state index in [1.807, 2.05) is 57.2 Å². The lowest BCUT2D eigenvalue weighted by Gasteiger charge is -2.29. The minimum atomic E-state index is -0.596. The van der Waals surface area contributed by atoms with Crippen LogP contribution in [0.5, 0.6) is 5.75 Å². The molecule has 31 heavy (non-hydrogen) atoms. The summed E-state index contributed by atoms with van der Waals surface area (Å²) in [6.07, 6.45) is 1.91. The van der Waals surface area contributed by atoms with Crippen LogP contribution >= 0.6 is 15.9 Å². The van der Waals surface area contributed by atoms with E-state index in [-0.39, 0.29) is 18.4 Å². The smallest absolute Gasteiger partial charge is 0.261 e. The van der Waals surface area contributed by atoms with Crippen molar-refractivity contribution in [2.24, 2.45) is 0 Å². The van der Waals surface area contributed by atoms with Crippen LogP contribution < -0.4 is 10.1 Å². The first-order valence-corrected chi connectivity index (χ1v) is 11.5. The van der Waals surface area contributed by atoms with Crippen LogP contribution in [-0.2, 0) is 16.1 Å². The van der Waals surface area contributed by atoms with Gasteiger partial charge in [0, 0.05) is 17.6 Å². The number of halogens is 1. The van der Waals surface area contributed by atoms with Crippen molar-refractivity contribution in [3.05, 3.63) is 63.1 Å². The average Bonchev–Trinajstić information content (AvgIpc) is 2.74. The number of benzene rings is 2. The van der Waals surface area contributed by atoms with Gasteiger partial charge in [-0.3, -0.25) is 9.59 Å². The third kappa shape index (κ3) is 7.10. The van der Waals surface area contributed by atoms with Crippen LogP contribution in [0, 0.1) is 20.8 Å². The monoisotopic (exact) mass is 488 g/mol. The molecule has 0 unspecified atom stereocenters. The molecule has 5 nitrogen and oxygen atoms in total. The molecule has 0 aliphatic rings. The van der Waals surface area contributed by atoms with E-state index < -0.39 is 6.04 Å².